The summed E-state index contributed by atoms with van der Waals surface area (Å²) in [6.07, 6.45) is 16.4. The maximum atomic E-state index is 13.4. The van der Waals surface area contributed by atoms with Gasteiger partial charge in [-0.05, 0) is 87.3 Å². The van der Waals surface area contributed by atoms with E-state index in [0.29, 0.717) is 25.3 Å². The molecule has 0 aromatic heterocycles. The van der Waals surface area contributed by atoms with Crippen LogP contribution < -0.4 is 15.6 Å². The fraction of sp³-hybridized carbons (Fsp3) is 0.545. The van der Waals surface area contributed by atoms with Crippen molar-refractivity contribution in [2.24, 2.45) is 11.1 Å². The fourth-order valence-corrected chi connectivity index (χ4v) is 8.48. The molecule has 1 fully saturated rings. The molecule has 1 amide bonds. The van der Waals surface area contributed by atoms with Crippen molar-refractivity contribution in [3.8, 4) is 0 Å². The van der Waals surface area contributed by atoms with E-state index in [1.807, 2.05) is 7.05 Å². The monoisotopic (exact) mass is 593 g/mol. The van der Waals surface area contributed by atoms with Crippen molar-refractivity contribution in [3.05, 3.63) is 69.3 Å². The standard InChI is InChI=1S/C33H44N4O4S/c1-35(15-8-18-42(34,40)41)16-17-36(2)22-24-11-6-14-30-28(24)21-32-27-13-7-12-26(23-9-4-3-5-10-23)29(27)19-25-20-31(25)37(30,32)33(38)39/h6-7,12-14,19-20,23-24,31H,3-5,8-11,15-18,21-22H2,1-2H3,(H2-,34,38,39,40,41)/p+1/t24-,31?,37?/m1/s1. The largest absolute Gasteiger partial charge is 0.524 e. The van der Waals surface area contributed by atoms with Gasteiger partial charge < -0.3 is 14.9 Å². The number of carbonyl (C=O) groups is 1. The average molecular weight is 594 g/mol. The topological polar surface area (TPSA) is 104 Å². The molecule has 5 aliphatic rings. The molecule has 0 saturated heterocycles. The number of amides is 1. The zero-order chi connectivity index (χ0) is 29.6. The predicted molar refractivity (Wildman–Crippen MR) is 166 cm³/mol. The van der Waals surface area contributed by atoms with Crippen LogP contribution in [0, 0.1) is 5.92 Å². The maximum absolute atomic E-state index is 13.4. The molecule has 0 spiro atoms. The molecule has 3 aliphatic carbocycles. The van der Waals surface area contributed by atoms with Crippen molar-refractivity contribution in [3.63, 3.8) is 0 Å². The number of rotatable bonds is 10. The van der Waals surface area contributed by atoms with E-state index in [2.05, 4.69) is 59.4 Å². The molecule has 1 saturated carbocycles. The second-order valence-corrected chi connectivity index (χ2v) is 14.8. The van der Waals surface area contributed by atoms with E-state index in [4.69, 9.17) is 5.14 Å². The van der Waals surface area contributed by atoms with Crippen LogP contribution in [-0.4, -0.2) is 86.0 Å². The minimum Gasteiger partial charge on any atom is -0.435 e. The van der Waals surface area contributed by atoms with Gasteiger partial charge in [-0.3, -0.25) is 0 Å². The van der Waals surface area contributed by atoms with Crippen LogP contribution in [0.25, 0.3) is 11.8 Å². The Bertz CT molecular complexity index is 1590. The summed E-state index contributed by atoms with van der Waals surface area (Å²) in [6, 6.07) is 6.48. The van der Waals surface area contributed by atoms with Crippen molar-refractivity contribution in [1.29, 1.82) is 0 Å². The number of fused-ring (bicyclic) bond motifs is 5. The predicted octanol–water partition coefficient (Wildman–Crippen LogP) is 3.22. The smallest absolute Gasteiger partial charge is 0.435 e. The van der Waals surface area contributed by atoms with Gasteiger partial charge in [0.15, 0.2) is 6.04 Å². The van der Waals surface area contributed by atoms with Crippen LogP contribution in [-0.2, 0) is 10.0 Å². The maximum Gasteiger partial charge on any atom is 0.524 e. The Morgan fingerprint density at radius 1 is 1.10 bits per heavy atom. The Hall–Kier alpha value is -2.56. The third-order valence-corrected chi connectivity index (χ3v) is 11.0. The van der Waals surface area contributed by atoms with Gasteiger partial charge in [0.05, 0.1) is 12.2 Å². The molecule has 3 N–H and O–H groups in total. The summed E-state index contributed by atoms with van der Waals surface area (Å²) < 4.78 is 22.4. The van der Waals surface area contributed by atoms with Gasteiger partial charge in [-0.25, -0.2) is 13.6 Å². The summed E-state index contributed by atoms with van der Waals surface area (Å²) in [5, 5.41) is 18.5. The lowest BCUT2D eigenvalue weighted by Crippen LogP contribution is -2.52. The molecule has 0 radical (unpaired) electrons. The zero-order valence-corrected chi connectivity index (χ0v) is 25.8. The molecular weight excluding hydrogens is 548 g/mol. The Kier molecular flexibility index (Phi) is 8.08. The molecule has 8 nitrogen and oxygen atoms in total. The van der Waals surface area contributed by atoms with Gasteiger partial charge in [0.25, 0.3) is 0 Å². The van der Waals surface area contributed by atoms with Crippen molar-refractivity contribution in [1.82, 2.24) is 9.80 Å². The van der Waals surface area contributed by atoms with Crippen molar-refractivity contribution < 1.29 is 22.8 Å². The Morgan fingerprint density at radius 2 is 1.86 bits per heavy atom. The molecule has 0 bridgehead atoms. The highest BCUT2D eigenvalue weighted by molar-refractivity contribution is 7.89. The van der Waals surface area contributed by atoms with Crippen LogP contribution in [0.3, 0.4) is 0 Å². The third kappa shape index (κ3) is 5.46. The van der Waals surface area contributed by atoms with Gasteiger partial charge in [-0.1, -0.05) is 37.5 Å². The highest BCUT2D eigenvalue weighted by Crippen LogP contribution is 2.54. The van der Waals surface area contributed by atoms with Gasteiger partial charge in [0, 0.05) is 41.9 Å². The first-order valence-electron chi connectivity index (χ1n) is 15.6. The number of allylic oxidation sites excluding steroid dienone is 2. The number of nitrogens with zero attached hydrogens (tertiary/aromatic N) is 3. The van der Waals surface area contributed by atoms with E-state index in [9.17, 15) is 18.3 Å². The Morgan fingerprint density at radius 3 is 2.60 bits per heavy atom. The van der Waals surface area contributed by atoms with Gasteiger partial charge in [0.1, 0.15) is 11.4 Å². The number of benzene rings is 1. The molecule has 2 heterocycles. The van der Waals surface area contributed by atoms with E-state index >= 15 is 0 Å². The van der Waals surface area contributed by atoms with E-state index in [0.717, 1.165) is 48.2 Å². The number of primary sulfonamides is 1. The molecule has 6 rings (SSSR count). The molecule has 42 heavy (non-hydrogen) atoms. The summed E-state index contributed by atoms with van der Waals surface area (Å²) in [5.74, 6) is 0.811. The third-order valence-electron chi connectivity index (χ3n) is 10.2. The lowest BCUT2D eigenvalue weighted by molar-refractivity contribution is -0.748. The van der Waals surface area contributed by atoms with Crippen LogP contribution in [0.1, 0.15) is 62.8 Å². The summed E-state index contributed by atoms with van der Waals surface area (Å²) in [7, 11) is 0.703. The fourth-order valence-electron chi connectivity index (χ4n) is 7.95. The summed E-state index contributed by atoms with van der Waals surface area (Å²) >= 11 is 0. The van der Waals surface area contributed by atoms with Crippen LogP contribution >= 0.6 is 0 Å². The second-order valence-electron chi connectivity index (χ2n) is 13.1. The normalized spacial score (nSPS) is 26.8. The first-order valence-corrected chi connectivity index (χ1v) is 17.3. The number of carboxylic acid groups (broad SMARTS) is 1. The Balaban J connectivity index is 1.27. The quantitative estimate of drug-likeness (QED) is 0.404. The van der Waals surface area contributed by atoms with Crippen LogP contribution in [0.2, 0.25) is 0 Å². The Labute approximate surface area is 249 Å². The number of nitrogens with two attached hydrogens (primary N) is 1. The van der Waals surface area contributed by atoms with Gasteiger partial charge in [-0.2, -0.15) is 9.28 Å². The minimum atomic E-state index is -3.43. The van der Waals surface area contributed by atoms with E-state index in [1.165, 1.54) is 48.5 Å². The molecule has 1 aromatic carbocycles. The lowest BCUT2D eigenvalue weighted by atomic mass is 9.82. The number of hydrogen-bond donors (Lipinski definition) is 2. The first-order chi connectivity index (χ1) is 20.1. The van der Waals surface area contributed by atoms with E-state index in [1.54, 1.807) is 0 Å². The highest BCUT2D eigenvalue weighted by Gasteiger charge is 2.62. The highest BCUT2D eigenvalue weighted by atomic mass is 32.2. The van der Waals surface area contributed by atoms with Crippen LogP contribution in [0.15, 0.2) is 53.3 Å². The molecule has 9 heteroatoms. The van der Waals surface area contributed by atoms with Crippen LogP contribution in [0.5, 0.6) is 0 Å². The van der Waals surface area contributed by atoms with E-state index in [-0.39, 0.29) is 22.2 Å². The van der Waals surface area contributed by atoms with E-state index < -0.39 is 16.1 Å². The lowest BCUT2D eigenvalue weighted by Gasteiger charge is -2.32. The molecular formula is C33H45N4O4S+. The van der Waals surface area contributed by atoms with Gasteiger partial charge in [0.2, 0.25) is 10.0 Å². The molecule has 2 aliphatic heterocycles. The van der Waals surface area contributed by atoms with Crippen molar-refractivity contribution in [2.75, 3.05) is 46.0 Å². The summed E-state index contributed by atoms with van der Waals surface area (Å²) in [4.78, 5) is 17.9. The molecule has 226 valence electrons. The first kappa shape index (κ1) is 29.5. The van der Waals surface area contributed by atoms with Crippen LogP contribution in [0.4, 0.5) is 4.79 Å². The minimum absolute atomic E-state index is 0.00152. The summed E-state index contributed by atoms with van der Waals surface area (Å²) in [6.45, 7) is 3.21. The number of hydrogen-bond acceptors (Lipinski definition) is 5. The second kappa shape index (κ2) is 11.5. The van der Waals surface area contributed by atoms with Crippen molar-refractivity contribution >= 4 is 27.9 Å². The molecule has 1 aromatic rings. The average Bonchev–Trinajstić information content (AvgIpc) is 3.64. The SMILES string of the molecule is CN(CCCS(N)(=O)=O)CCN(C)C[C@H]1CC=CC2=C1CC1=c3cccc(C4CCCCC4)c3=CC3=CC3[N+]21C(=O)O. The number of sulfonamides is 1. The zero-order valence-electron chi connectivity index (χ0n) is 25.0. The number of quaternary nitrogens is 1. The summed E-state index contributed by atoms with van der Waals surface area (Å²) in [5.41, 5.74) is 5.82. The van der Waals surface area contributed by atoms with Gasteiger partial charge in [-0.15, -0.1) is 0 Å². The van der Waals surface area contributed by atoms with Crippen molar-refractivity contribution in [2.45, 2.75) is 63.3 Å². The molecule has 2 unspecified atom stereocenters. The number of likely N-dealkylation sites (N-methyl/N-ethyl adjacent to an activating group) is 2. The van der Waals surface area contributed by atoms with Gasteiger partial charge >= 0.3 is 6.09 Å². The molecule has 3 atom stereocenters.